The van der Waals surface area contributed by atoms with E-state index in [0.29, 0.717) is 39.4 Å². The molecule has 332 valence electrons. The maximum Gasteiger partial charge on any atom is 0.212 e. The van der Waals surface area contributed by atoms with Crippen LogP contribution in [0.3, 0.4) is 0 Å². The van der Waals surface area contributed by atoms with Gasteiger partial charge in [0.25, 0.3) is 0 Å². The molecule has 0 amide bonds. The normalized spacial score (nSPS) is 10.7. The van der Waals surface area contributed by atoms with Crippen molar-refractivity contribution in [2.24, 2.45) is 70.8 Å². The molecule has 0 spiro atoms. The van der Waals surface area contributed by atoms with Gasteiger partial charge in [-0.2, -0.15) is 43.4 Å². The molecule has 0 atom stereocenters. The quantitative estimate of drug-likeness (QED) is 0.0156. The Balaban J connectivity index is 0.000000822. The lowest BCUT2D eigenvalue weighted by Crippen LogP contribution is -2.27. The molecule has 0 aliphatic heterocycles. The predicted molar refractivity (Wildman–Crippen MR) is 261 cm³/mol. The van der Waals surface area contributed by atoms with Gasteiger partial charge in [0.1, 0.15) is 0 Å². The molecular weight excluding hydrogens is 895 g/mol. The topological polar surface area (TPSA) is 404 Å². The molecule has 27 heteroatoms. The van der Waals surface area contributed by atoms with E-state index in [9.17, 15) is 0 Å². The molecule has 0 saturated heterocycles. The van der Waals surface area contributed by atoms with Gasteiger partial charge >= 0.3 is 0 Å². The number of hydrogen-bond donors (Lipinski definition) is 11. The highest BCUT2D eigenvalue weighted by Crippen LogP contribution is 2.21. The molecule has 0 aromatic carbocycles. The van der Waals surface area contributed by atoms with E-state index >= 15 is 0 Å². The molecule has 3 aromatic rings. The van der Waals surface area contributed by atoms with Gasteiger partial charge < -0.3 is 45.9 Å². The summed E-state index contributed by atoms with van der Waals surface area (Å²) in [5.74, 6) is 0.888. The number of rotatable bonds is 19. The van der Waals surface area contributed by atoms with Crippen LogP contribution in [0.15, 0.2) is 52.1 Å². The number of aryl methyl sites for hydroxylation is 3. The number of thiazole rings is 3. The number of nitrogens with one attached hydrogen (secondary N) is 2. The summed E-state index contributed by atoms with van der Waals surface area (Å²) in [5.41, 5.74) is 45.3. The van der Waals surface area contributed by atoms with E-state index < -0.39 is 0 Å². The van der Waals surface area contributed by atoms with Crippen LogP contribution in [0.4, 0.5) is 15.4 Å². The van der Waals surface area contributed by atoms with Crippen LogP contribution < -0.4 is 56.5 Å². The Kier molecular flexibility index (Phi) is 33.3. The zero-order valence-corrected chi connectivity index (χ0v) is 39.0. The number of unbranched alkanes of at least 4 members (excludes halogenated alkanes) is 3. The van der Waals surface area contributed by atoms with E-state index in [1.807, 2.05) is 40.9 Å². The van der Waals surface area contributed by atoms with Crippen molar-refractivity contribution < 1.29 is 0 Å². The number of aliphatic imine (C=N–C) groups is 5. The van der Waals surface area contributed by atoms with Gasteiger partial charge in [0.05, 0.1) is 23.2 Å². The number of aromatic nitrogens is 3. The van der Waals surface area contributed by atoms with Gasteiger partial charge in [-0.1, -0.05) is 11.8 Å². The van der Waals surface area contributed by atoms with Gasteiger partial charge in [-0.3, -0.25) is 20.6 Å². The molecule has 18 N–H and O–H groups in total. The largest absolute Gasteiger partial charge is 0.370 e. The van der Waals surface area contributed by atoms with E-state index in [1.165, 1.54) is 51.8 Å². The third kappa shape index (κ3) is 31.2. The summed E-state index contributed by atoms with van der Waals surface area (Å²) in [4.78, 5) is 33.7. The third-order valence-corrected chi connectivity index (χ3v) is 10.9. The van der Waals surface area contributed by atoms with Crippen molar-refractivity contribution in [3.63, 3.8) is 0 Å². The van der Waals surface area contributed by atoms with Crippen LogP contribution in [-0.4, -0.2) is 81.9 Å². The number of hydrogen-bond acceptors (Lipinski definition) is 18. The number of guanidine groups is 4. The summed E-state index contributed by atoms with van der Waals surface area (Å²) >= 11 is 11.2. The Morgan fingerprint density at radius 1 is 0.672 bits per heavy atom. The van der Waals surface area contributed by atoms with Crippen LogP contribution >= 0.6 is 70.2 Å². The second-order valence-electron chi connectivity index (χ2n) is 11.4. The van der Waals surface area contributed by atoms with E-state index in [2.05, 4.69) is 63.2 Å². The van der Waals surface area contributed by atoms with Crippen molar-refractivity contribution >= 4 is 115 Å². The van der Waals surface area contributed by atoms with Gasteiger partial charge in [-0.05, 0) is 76.8 Å². The standard InChI is InChI=1S/C11H17N7S2.C10H16N8S.C8H15N5S.C5H7NS2/c1-19-10(16-7-12)15-5-3-2-4-8-6-20-11(17-8)18-9(13)14;11-6-16-9(14)15-4-2-1-3-7-5-19-10(17-7)18-8(12)13;9-4-2-1-3-6-5-14-8(12-6)13-7(10)11;1-8-5(4-7)2-3-6/h6H,2-5H2,1H3,(H,15,16)(H4,13,14,17,18);5H,1-4H2,(H3,14,15,16)(H4,12,13,17,18);5H,1-4,9H2,(H4,10,11,12,13);2,7H,4H2,1H3/b;;;5-2-. The number of allylic oxidation sites excluding steroid dienone is 1. The first-order valence-electron chi connectivity index (χ1n) is 18.1. The molecule has 3 heterocycles. The van der Waals surface area contributed by atoms with Crippen LogP contribution in [0.25, 0.3) is 0 Å². The second kappa shape index (κ2) is 36.5. The highest BCUT2D eigenvalue weighted by molar-refractivity contribution is 8.13. The molecule has 0 aliphatic carbocycles. The van der Waals surface area contributed by atoms with Gasteiger partial charge in [-0.25, -0.2) is 15.0 Å². The lowest BCUT2D eigenvalue weighted by molar-refractivity contribution is 0.734. The maximum atomic E-state index is 8.49. The SMILES string of the molecule is CS/C(=C\C#N)CS.CSC(=NCCCCc1csc(N=C(N)N)n1)NC#N.N#CNC(N)=NCCCCc1csc(N=C(N)N)n1.NCCCCc1csc(N=C(N)N)n1. The summed E-state index contributed by atoms with van der Waals surface area (Å²) in [7, 11) is 0. The van der Waals surface area contributed by atoms with Crippen molar-refractivity contribution in [3.8, 4) is 18.5 Å². The molecule has 3 aromatic heterocycles. The minimum absolute atomic E-state index is 0.00991. The third-order valence-electron chi connectivity index (χ3n) is 6.58. The molecule has 0 aliphatic rings. The lowest BCUT2D eigenvalue weighted by Gasteiger charge is -1.99. The molecule has 0 saturated carbocycles. The average molecular weight is 950 g/mol. The number of nitrogens with two attached hydrogens (primary N) is 8. The average Bonchev–Trinajstić information content (AvgIpc) is 3.98. The monoisotopic (exact) mass is 949 g/mol. The molecule has 0 bridgehead atoms. The fourth-order valence-corrected chi connectivity index (χ4v) is 7.29. The van der Waals surface area contributed by atoms with Crippen molar-refractivity contribution in [1.82, 2.24) is 25.6 Å². The number of thiol groups is 1. The number of amidine groups is 1. The minimum atomic E-state index is 0.00991. The minimum Gasteiger partial charge on any atom is -0.370 e. The number of thioether (sulfide) groups is 2. The van der Waals surface area contributed by atoms with E-state index in [4.69, 9.17) is 61.7 Å². The lowest BCUT2D eigenvalue weighted by atomic mass is 10.2. The van der Waals surface area contributed by atoms with Gasteiger partial charge in [0.15, 0.2) is 35.4 Å². The zero-order chi connectivity index (χ0) is 45.7. The molecule has 0 radical (unpaired) electrons. The smallest absolute Gasteiger partial charge is 0.212 e. The molecular formula is C34H55N21S6. The van der Waals surface area contributed by atoms with Crippen molar-refractivity contribution in [3.05, 3.63) is 44.2 Å². The molecule has 61 heavy (non-hydrogen) atoms. The van der Waals surface area contributed by atoms with Crippen molar-refractivity contribution in [2.75, 3.05) is 37.9 Å². The first kappa shape index (κ1) is 55.7. The summed E-state index contributed by atoms with van der Waals surface area (Å²) in [6, 6.07) is 1.94. The summed E-state index contributed by atoms with van der Waals surface area (Å²) in [6.45, 7) is 1.99. The zero-order valence-electron chi connectivity index (χ0n) is 34.0. The summed E-state index contributed by atoms with van der Waals surface area (Å²) in [5, 5.41) is 38.0. The van der Waals surface area contributed by atoms with E-state index in [0.717, 1.165) is 86.3 Å². The molecule has 0 unspecified atom stereocenters. The number of nitriles is 3. The van der Waals surface area contributed by atoms with Crippen LogP contribution in [0.1, 0.15) is 55.6 Å². The van der Waals surface area contributed by atoms with Crippen LogP contribution in [0.2, 0.25) is 0 Å². The fourth-order valence-electron chi connectivity index (χ4n) is 3.93. The van der Waals surface area contributed by atoms with Crippen LogP contribution in [0.5, 0.6) is 0 Å². The Bertz CT molecular complexity index is 1960. The maximum absolute atomic E-state index is 8.49. The Labute approximate surface area is 382 Å². The molecule has 3 rings (SSSR count). The second-order valence-corrected chi connectivity index (χ2v) is 15.9. The summed E-state index contributed by atoms with van der Waals surface area (Å²) in [6.07, 6.45) is 17.3. The molecule has 21 nitrogen and oxygen atoms in total. The first-order valence-corrected chi connectivity index (χ1v) is 23.8. The first-order chi connectivity index (χ1) is 29.3. The van der Waals surface area contributed by atoms with Crippen LogP contribution in [-0.2, 0) is 19.3 Å². The highest BCUT2D eigenvalue weighted by atomic mass is 32.2. The predicted octanol–water partition coefficient (Wildman–Crippen LogP) is 2.93. The fraction of sp³-hybridized carbons (Fsp3) is 0.441. The van der Waals surface area contributed by atoms with Crippen LogP contribution in [0, 0.1) is 34.2 Å². The summed E-state index contributed by atoms with van der Waals surface area (Å²) < 4.78 is 0. The van der Waals surface area contributed by atoms with E-state index in [1.54, 1.807) is 18.0 Å². The highest BCUT2D eigenvalue weighted by Gasteiger charge is 2.03. The van der Waals surface area contributed by atoms with Crippen molar-refractivity contribution in [2.45, 2.75) is 57.8 Å². The Morgan fingerprint density at radius 3 is 1.43 bits per heavy atom. The van der Waals surface area contributed by atoms with E-state index in [-0.39, 0.29) is 23.8 Å². The Morgan fingerprint density at radius 2 is 1.10 bits per heavy atom. The molecule has 0 fully saturated rings. The van der Waals surface area contributed by atoms with Crippen molar-refractivity contribution in [1.29, 1.82) is 15.8 Å². The number of nitrogens with zero attached hydrogens (tertiary/aromatic N) is 11. The Hall–Kier alpha value is -5.34. The van der Waals surface area contributed by atoms with Gasteiger partial charge in [0.2, 0.25) is 21.4 Å². The van der Waals surface area contributed by atoms with Gasteiger partial charge in [-0.15, -0.1) is 45.8 Å². The van der Waals surface area contributed by atoms with Gasteiger partial charge in [0, 0.05) is 46.0 Å².